The summed E-state index contributed by atoms with van der Waals surface area (Å²) in [6.07, 6.45) is 10.4. The first kappa shape index (κ1) is 18.3. The van der Waals surface area contributed by atoms with Crippen LogP contribution in [0.2, 0.25) is 0 Å². The van der Waals surface area contributed by atoms with Crippen LogP contribution >= 0.6 is 0 Å². The minimum atomic E-state index is -0.536. The van der Waals surface area contributed by atoms with Gasteiger partial charge in [-0.3, -0.25) is 0 Å². The lowest BCUT2D eigenvalue weighted by Crippen LogP contribution is -2.28. The Morgan fingerprint density at radius 2 is 1.81 bits per heavy atom. The average molecular weight is 370 g/mol. The van der Waals surface area contributed by atoms with Crippen LogP contribution in [-0.2, 0) is 6.42 Å². The summed E-state index contributed by atoms with van der Waals surface area (Å²) >= 11 is 0. The summed E-state index contributed by atoms with van der Waals surface area (Å²) in [6.45, 7) is 2.14. The van der Waals surface area contributed by atoms with Crippen molar-refractivity contribution in [2.24, 2.45) is 11.8 Å². The molecule has 3 atom stereocenters. The lowest BCUT2D eigenvalue weighted by atomic mass is 9.65. The lowest BCUT2D eigenvalue weighted by molar-refractivity contribution is 0.234. The van der Waals surface area contributed by atoms with Gasteiger partial charge in [0.25, 0.3) is 0 Å². The van der Waals surface area contributed by atoms with Gasteiger partial charge >= 0.3 is 0 Å². The highest BCUT2D eigenvalue weighted by molar-refractivity contribution is 5.67. The Morgan fingerprint density at radius 3 is 2.56 bits per heavy atom. The molecule has 3 heteroatoms. The molecule has 3 unspecified atom stereocenters. The third kappa shape index (κ3) is 3.44. The van der Waals surface area contributed by atoms with Gasteiger partial charge in [-0.05, 0) is 91.2 Å². The maximum atomic E-state index is 15.3. The van der Waals surface area contributed by atoms with Crippen LogP contribution in [0.15, 0.2) is 42.5 Å². The first-order valence-corrected chi connectivity index (χ1v) is 10.0. The van der Waals surface area contributed by atoms with Crippen LogP contribution in [0.5, 0.6) is 0 Å². The third-order valence-electron chi connectivity index (χ3n) is 6.32. The summed E-state index contributed by atoms with van der Waals surface area (Å²) < 4.78 is 43.3. The Hall–Kier alpha value is -2.03. The first-order chi connectivity index (χ1) is 13.1. The van der Waals surface area contributed by atoms with Gasteiger partial charge in [0.2, 0.25) is 0 Å². The number of allylic oxidation sites excluding steroid dienone is 2. The van der Waals surface area contributed by atoms with E-state index in [-0.39, 0.29) is 11.5 Å². The molecule has 1 fully saturated rings. The SMILES string of the molecule is CCC=CC1CCC2c3cc(F)c(-c4ccc(F)cc4)c(F)c3CCC2C1. The van der Waals surface area contributed by atoms with E-state index in [9.17, 15) is 8.78 Å². The predicted octanol–water partition coefficient (Wildman–Crippen LogP) is 7.18. The van der Waals surface area contributed by atoms with Crippen molar-refractivity contribution < 1.29 is 13.2 Å². The Bertz CT molecular complexity index is 851. The van der Waals surface area contributed by atoms with Crippen molar-refractivity contribution in [2.75, 3.05) is 0 Å². The molecule has 2 aromatic carbocycles. The van der Waals surface area contributed by atoms with Crippen molar-refractivity contribution in [1.82, 2.24) is 0 Å². The van der Waals surface area contributed by atoms with E-state index in [1.54, 1.807) is 6.07 Å². The van der Waals surface area contributed by atoms with Gasteiger partial charge in [-0.15, -0.1) is 0 Å². The van der Waals surface area contributed by atoms with Crippen molar-refractivity contribution in [3.8, 4) is 11.1 Å². The fraction of sp³-hybridized carbons (Fsp3) is 0.417. The summed E-state index contributed by atoms with van der Waals surface area (Å²) in [6, 6.07) is 6.93. The topological polar surface area (TPSA) is 0 Å². The van der Waals surface area contributed by atoms with Crippen LogP contribution in [0.3, 0.4) is 0 Å². The molecule has 2 aromatic rings. The first-order valence-electron chi connectivity index (χ1n) is 10.0. The van der Waals surface area contributed by atoms with E-state index in [4.69, 9.17) is 0 Å². The van der Waals surface area contributed by atoms with Crippen LogP contribution in [0.4, 0.5) is 13.2 Å². The minimum Gasteiger partial charge on any atom is -0.207 e. The summed E-state index contributed by atoms with van der Waals surface area (Å²) in [4.78, 5) is 0. The van der Waals surface area contributed by atoms with Gasteiger partial charge in [0, 0.05) is 0 Å². The maximum absolute atomic E-state index is 15.3. The summed E-state index contributed by atoms with van der Waals surface area (Å²) in [7, 11) is 0. The lowest BCUT2D eigenvalue weighted by Gasteiger charge is -2.40. The van der Waals surface area contributed by atoms with Crippen LogP contribution in [0.1, 0.15) is 56.1 Å². The molecule has 0 spiro atoms. The van der Waals surface area contributed by atoms with Crippen molar-refractivity contribution in [2.45, 2.75) is 51.4 Å². The quantitative estimate of drug-likeness (QED) is 0.502. The molecule has 2 aliphatic rings. The van der Waals surface area contributed by atoms with Gasteiger partial charge in [0.1, 0.15) is 17.5 Å². The Balaban J connectivity index is 1.67. The van der Waals surface area contributed by atoms with Crippen LogP contribution in [0.25, 0.3) is 11.1 Å². The summed E-state index contributed by atoms with van der Waals surface area (Å²) in [5, 5.41) is 0. The highest BCUT2D eigenvalue weighted by atomic mass is 19.1. The predicted molar refractivity (Wildman–Crippen MR) is 103 cm³/mol. The van der Waals surface area contributed by atoms with E-state index < -0.39 is 17.5 Å². The summed E-state index contributed by atoms with van der Waals surface area (Å²) in [5.74, 6) is -0.0377. The number of rotatable bonds is 3. The molecule has 0 amide bonds. The Kier molecular flexibility index (Phi) is 5.12. The molecule has 0 radical (unpaired) electrons. The number of benzene rings is 2. The number of halogens is 3. The Morgan fingerprint density at radius 1 is 1.04 bits per heavy atom. The zero-order valence-corrected chi connectivity index (χ0v) is 15.7. The second-order valence-electron chi connectivity index (χ2n) is 7.94. The normalized spacial score (nSPS) is 24.7. The molecule has 0 heterocycles. The molecule has 1 saturated carbocycles. The van der Waals surface area contributed by atoms with Crippen LogP contribution < -0.4 is 0 Å². The zero-order valence-electron chi connectivity index (χ0n) is 15.7. The number of fused-ring (bicyclic) bond motifs is 3. The third-order valence-corrected chi connectivity index (χ3v) is 6.32. The van der Waals surface area contributed by atoms with Crippen molar-refractivity contribution in [3.63, 3.8) is 0 Å². The fourth-order valence-corrected chi connectivity index (χ4v) is 5.01. The molecule has 0 bridgehead atoms. The van der Waals surface area contributed by atoms with Gasteiger partial charge in [-0.25, -0.2) is 13.2 Å². The average Bonchev–Trinajstić information content (AvgIpc) is 2.67. The van der Waals surface area contributed by atoms with Crippen molar-refractivity contribution in [1.29, 1.82) is 0 Å². The summed E-state index contributed by atoms with van der Waals surface area (Å²) in [5.41, 5.74) is 1.90. The number of hydrogen-bond donors (Lipinski definition) is 0. The second-order valence-corrected chi connectivity index (χ2v) is 7.94. The molecule has 0 N–H and O–H groups in total. The van der Waals surface area contributed by atoms with Gasteiger partial charge in [-0.1, -0.05) is 31.2 Å². The molecule has 4 rings (SSSR count). The minimum absolute atomic E-state index is 0.0215. The zero-order chi connectivity index (χ0) is 19.0. The van der Waals surface area contributed by atoms with Gasteiger partial charge < -0.3 is 0 Å². The second kappa shape index (κ2) is 7.53. The number of hydrogen-bond acceptors (Lipinski definition) is 0. The van der Waals surface area contributed by atoms with E-state index in [1.165, 1.54) is 24.3 Å². The molecule has 0 saturated heterocycles. The van der Waals surface area contributed by atoms with Crippen molar-refractivity contribution >= 4 is 0 Å². The standard InChI is InChI=1S/C24H25F3/c1-2-3-4-15-5-11-19-17(13-15)8-12-20-21(19)14-22(26)23(24(20)27)16-6-9-18(25)10-7-16/h3-4,6-7,9-10,14-15,17,19H,2,5,8,11-13H2,1H3. The molecular formula is C24H25F3. The molecule has 0 nitrogen and oxygen atoms in total. The molecule has 27 heavy (non-hydrogen) atoms. The van der Waals surface area contributed by atoms with E-state index in [0.29, 0.717) is 29.4 Å². The van der Waals surface area contributed by atoms with E-state index >= 15 is 4.39 Å². The van der Waals surface area contributed by atoms with Crippen LogP contribution in [-0.4, -0.2) is 0 Å². The van der Waals surface area contributed by atoms with Gasteiger partial charge in [0.05, 0.1) is 5.56 Å². The highest BCUT2D eigenvalue weighted by Crippen LogP contribution is 2.49. The van der Waals surface area contributed by atoms with Crippen molar-refractivity contribution in [3.05, 3.63) is 71.1 Å². The largest absolute Gasteiger partial charge is 0.207 e. The molecule has 142 valence electrons. The molecule has 0 aromatic heterocycles. The van der Waals surface area contributed by atoms with E-state index in [0.717, 1.165) is 37.7 Å². The molecular weight excluding hydrogens is 345 g/mol. The monoisotopic (exact) mass is 370 g/mol. The fourth-order valence-electron chi connectivity index (χ4n) is 5.01. The van der Waals surface area contributed by atoms with Gasteiger partial charge in [0.15, 0.2) is 0 Å². The smallest absolute Gasteiger partial charge is 0.137 e. The maximum Gasteiger partial charge on any atom is 0.137 e. The Labute approximate surface area is 159 Å². The van der Waals surface area contributed by atoms with E-state index in [1.807, 2.05) is 0 Å². The van der Waals surface area contributed by atoms with Crippen LogP contribution in [0, 0.1) is 29.3 Å². The molecule has 2 aliphatic carbocycles. The van der Waals surface area contributed by atoms with E-state index in [2.05, 4.69) is 19.1 Å². The van der Waals surface area contributed by atoms with Gasteiger partial charge in [-0.2, -0.15) is 0 Å². The highest BCUT2D eigenvalue weighted by Gasteiger charge is 2.37. The molecule has 0 aliphatic heterocycles.